The number of benzene rings is 1. The van der Waals surface area contributed by atoms with Crippen LogP contribution in [0.5, 0.6) is 0 Å². The molecule has 0 spiro atoms. The zero-order valence-electron chi connectivity index (χ0n) is 9.56. The van der Waals surface area contributed by atoms with Crippen LogP contribution in [0.2, 0.25) is 0 Å². The van der Waals surface area contributed by atoms with Crippen LogP contribution in [0.4, 0.5) is 4.39 Å². The minimum Gasteiger partial charge on any atom is -0.338 e. The number of nitrogens with zero attached hydrogens (tertiary/aromatic N) is 2. The molecule has 0 saturated heterocycles. The monoisotopic (exact) mass is 232 g/mol. The molecule has 0 fully saturated rings. The third kappa shape index (κ3) is 2.78. The Morgan fingerprint density at radius 2 is 2.29 bits per heavy atom. The lowest BCUT2D eigenvalue weighted by molar-refractivity contribution is 0.0981. The molecule has 2 aromatic rings. The molecule has 3 nitrogen and oxygen atoms in total. The quantitative estimate of drug-likeness (QED) is 0.758. The first kappa shape index (κ1) is 11.5. The van der Waals surface area contributed by atoms with E-state index in [2.05, 4.69) is 4.98 Å². The molecule has 17 heavy (non-hydrogen) atoms. The Balaban J connectivity index is 2.01. The van der Waals surface area contributed by atoms with Crippen LogP contribution in [0.15, 0.2) is 36.7 Å². The molecule has 0 bridgehead atoms. The van der Waals surface area contributed by atoms with Crippen molar-refractivity contribution in [1.82, 2.24) is 9.55 Å². The summed E-state index contributed by atoms with van der Waals surface area (Å²) >= 11 is 0. The molecule has 0 radical (unpaired) electrons. The number of carbonyl (C=O) groups excluding carboxylic acids is 1. The lowest BCUT2D eigenvalue weighted by Gasteiger charge is -2.02. The molecule has 0 atom stereocenters. The van der Waals surface area contributed by atoms with Gasteiger partial charge in [0.05, 0.1) is 0 Å². The zero-order valence-corrected chi connectivity index (χ0v) is 9.56. The largest absolute Gasteiger partial charge is 0.338 e. The Labute approximate surface area is 98.9 Å². The van der Waals surface area contributed by atoms with Crippen molar-refractivity contribution in [2.45, 2.75) is 12.8 Å². The highest BCUT2D eigenvalue weighted by molar-refractivity contribution is 5.96. The molecular formula is C13H13FN2O. The Morgan fingerprint density at radius 1 is 1.47 bits per heavy atom. The van der Waals surface area contributed by atoms with Gasteiger partial charge in [-0.25, -0.2) is 9.37 Å². The van der Waals surface area contributed by atoms with Crippen LogP contribution in [-0.4, -0.2) is 15.3 Å². The maximum Gasteiger partial charge on any atom is 0.163 e. The minimum absolute atomic E-state index is 0.0625. The zero-order chi connectivity index (χ0) is 12.3. The van der Waals surface area contributed by atoms with Crippen LogP contribution in [0.25, 0.3) is 0 Å². The first-order valence-electron chi connectivity index (χ1n) is 5.42. The fraction of sp³-hybridized carbons (Fsp3) is 0.231. The summed E-state index contributed by atoms with van der Waals surface area (Å²) in [6, 6.07) is 5.77. The number of imidazole rings is 1. The predicted molar refractivity (Wildman–Crippen MR) is 62.3 cm³/mol. The van der Waals surface area contributed by atoms with Gasteiger partial charge >= 0.3 is 0 Å². The number of hydrogen-bond donors (Lipinski definition) is 0. The number of aryl methyl sites for hydroxylation is 2. The summed E-state index contributed by atoms with van der Waals surface area (Å²) in [5, 5.41) is 0. The molecule has 0 aliphatic rings. The molecule has 88 valence electrons. The molecule has 0 unspecified atom stereocenters. The van der Waals surface area contributed by atoms with Gasteiger partial charge in [-0.3, -0.25) is 4.79 Å². The van der Waals surface area contributed by atoms with Gasteiger partial charge in [0.15, 0.2) is 5.78 Å². The fourth-order valence-electron chi connectivity index (χ4n) is 1.67. The lowest BCUT2D eigenvalue weighted by atomic mass is 10.1. The van der Waals surface area contributed by atoms with Gasteiger partial charge in [0.2, 0.25) is 0 Å². The number of hydrogen-bond acceptors (Lipinski definition) is 2. The molecular weight excluding hydrogens is 219 g/mol. The first-order chi connectivity index (χ1) is 8.16. The molecule has 1 heterocycles. The van der Waals surface area contributed by atoms with E-state index in [-0.39, 0.29) is 11.6 Å². The number of carbonyl (C=O) groups is 1. The Kier molecular flexibility index (Phi) is 3.32. The van der Waals surface area contributed by atoms with Crippen molar-refractivity contribution in [3.8, 4) is 0 Å². The van der Waals surface area contributed by atoms with E-state index in [1.807, 2.05) is 17.8 Å². The average molecular weight is 232 g/mol. The lowest BCUT2D eigenvalue weighted by Crippen LogP contribution is -2.05. The predicted octanol–water partition coefficient (Wildman–Crippen LogP) is 2.37. The number of ketones is 1. The van der Waals surface area contributed by atoms with Gasteiger partial charge in [-0.1, -0.05) is 12.1 Å². The number of halogens is 1. The topological polar surface area (TPSA) is 34.9 Å². The van der Waals surface area contributed by atoms with Crippen molar-refractivity contribution in [2.75, 3.05) is 0 Å². The Hall–Kier alpha value is -1.97. The van der Waals surface area contributed by atoms with Crippen LogP contribution in [0.3, 0.4) is 0 Å². The highest BCUT2D eigenvalue weighted by atomic mass is 19.1. The van der Waals surface area contributed by atoms with E-state index in [0.29, 0.717) is 18.4 Å². The van der Waals surface area contributed by atoms with E-state index < -0.39 is 0 Å². The summed E-state index contributed by atoms with van der Waals surface area (Å²) in [4.78, 5) is 15.9. The van der Waals surface area contributed by atoms with Crippen molar-refractivity contribution in [2.24, 2.45) is 7.05 Å². The molecule has 0 saturated carbocycles. The van der Waals surface area contributed by atoms with Crippen molar-refractivity contribution in [3.63, 3.8) is 0 Å². The summed E-state index contributed by atoms with van der Waals surface area (Å²) in [6.45, 7) is 0. The maximum atomic E-state index is 12.9. The maximum absolute atomic E-state index is 12.9. The van der Waals surface area contributed by atoms with E-state index in [4.69, 9.17) is 0 Å². The van der Waals surface area contributed by atoms with E-state index in [0.717, 1.165) is 5.82 Å². The van der Waals surface area contributed by atoms with Gasteiger partial charge in [-0.2, -0.15) is 0 Å². The summed E-state index contributed by atoms with van der Waals surface area (Å²) in [5.74, 6) is 0.412. The molecule has 4 heteroatoms. The second-order valence-electron chi connectivity index (χ2n) is 3.89. The van der Waals surface area contributed by atoms with Crippen molar-refractivity contribution in [3.05, 3.63) is 53.9 Å². The number of rotatable bonds is 4. The summed E-state index contributed by atoms with van der Waals surface area (Å²) in [7, 11) is 1.88. The smallest absolute Gasteiger partial charge is 0.163 e. The molecule has 1 aromatic heterocycles. The fourth-order valence-corrected chi connectivity index (χ4v) is 1.67. The Morgan fingerprint density at radius 3 is 2.94 bits per heavy atom. The van der Waals surface area contributed by atoms with Gasteiger partial charge in [0.1, 0.15) is 11.6 Å². The number of aromatic nitrogens is 2. The second-order valence-corrected chi connectivity index (χ2v) is 3.89. The van der Waals surface area contributed by atoms with Crippen LogP contribution in [-0.2, 0) is 13.5 Å². The van der Waals surface area contributed by atoms with Crippen LogP contribution < -0.4 is 0 Å². The molecule has 0 aliphatic carbocycles. The van der Waals surface area contributed by atoms with Gasteiger partial charge in [0, 0.05) is 37.8 Å². The van der Waals surface area contributed by atoms with Crippen molar-refractivity contribution in [1.29, 1.82) is 0 Å². The van der Waals surface area contributed by atoms with Crippen LogP contribution >= 0.6 is 0 Å². The van der Waals surface area contributed by atoms with Gasteiger partial charge < -0.3 is 4.57 Å². The van der Waals surface area contributed by atoms with Crippen molar-refractivity contribution < 1.29 is 9.18 Å². The van der Waals surface area contributed by atoms with Crippen LogP contribution in [0, 0.1) is 5.82 Å². The van der Waals surface area contributed by atoms with Gasteiger partial charge in [-0.05, 0) is 12.1 Å². The third-order valence-electron chi connectivity index (χ3n) is 2.64. The third-order valence-corrected chi connectivity index (χ3v) is 2.64. The molecule has 0 N–H and O–H groups in total. The van der Waals surface area contributed by atoms with E-state index in [1.165, 1.54) is 12.1 Å². The Bertz CT molecular complexity index is 534. The van der Waals surface area contributed by atoms with Crippen LogP contribution in [0.1, 0.15) is 22.6 Å². The molecule has 0 aliphatic heterocycles. The normalized spacial score (nSPS) is 10.5. The van der Waals surface area contributed by atoms with E-state index in [1.54, 1.807) is 18.3 Å². The average Bonchev–Trinajstić information content (AvgIpc) is 2.72. The standard InChI is InChI=1S/C13H13FN2O/c1-16-8-7-15-13(16)6-5-12(17)10-3-2-4-11(14)9-10/h2-4,7-9H,5-6H2,1H3. The first-order valence-corrected chi connectivity index (χ1v) is 5.42. The summed E-state index contributed by atoms with van der Waals surface area (Å²) in [5.41, 5.74) is 0.416. The van der Waals surface area contributed by atoms with E-state index in [9.17, 15) is 9.18 Å². The van der Waals surface area contributed by atoms with E-state index >= 15 is 0 Å². The van der Waals surface area contributed by atoms with Gasteiger partial charge in [-0.15, -0.1) is 0 Å². The molecule has 0 amide bonds. The number of Topliss-reactive ketones (excluding diaryl/α,β-unsaturated/α-hetero) is 1. The molecule has 1 aromatic carbocycles. The minimum atomic E-state index is -0.382. The van der Waals surface area contributed by atoms with Crippen molar-refractivity contribution >= 4 is 5.78 Å². The summed E-state index contributed by atoms with van der Waals surface area (Å²) < 4.78 is 14.8. The second kappa shape index (κ2) is 4.91. The highest BCUT2D eigenvalue weighted by Gasteiger charge is 2.08. The summed E-state index contributed by atoms with van der Waals surface area (Å²) in [6.07, 6.45) is 4.44. The molecule has 2 rings (SSSR count). The highest BCUT2D eigenvalue weighted by Crippen LogP contribution is 2.09. The SMILES string of the molecule is Cn1ccnc1CCC(=O)c1cccc(F)c1. The van der Waals surface area contributed by atoms with Gasteiger partial charge in [0.25, 0.3) is 0 Å².